The molecule has 3 aromatic rings. The number of fused-ring (bicyclic) bond motifs is 1. The maximum atomic E-state index is 12.8. The Balaban J connectivity index is 0.00000280. The molecule has 0 aliphatic carbocycles. The van der Waals surface area contributed by atoms with E-state index in [2.05, 4.69) is 40.7 Å². The third kappa shape index (κ3) is 4.88. The van der Waals surface area contributed by atoms with E-state index in [9.17, 15) is 4.79 Å². The lowest BCUT2D eigenvalue weighted by Gasteiger charge is -2.09. The highest BCUT2D eigenvalue weighted by Gasteiger charge is 2.20. The summed E-state index contributed by atoms with van der Waals surface area (Å²) in [6, 6.07) is 3.91. The average molecular weight is 425 g/mol. The molecule has 3 aromatic heterocycles. The molecule has 0 fully saturated rings. The lowest BCUT2D eigenvalue weighted by atomic mass is 10.1. The molecular weight excluding hydrogens is 400 g/mol. The fraction of sp³-hybridized carbons (Fsp3) is 0.421. The first-order valence-electron chi connectivity index (χ1n) is 8.83. The van der Waals surface area contributed by atoms with Crippen LogP contribution in [-0.4, -0.2) is 49.4 Å². The normalized spacial score (nSPS) is 10.9. The predicted molar refractivity (Wildman–Crippen MR) is 114 cm³/mol. The highest BCUT2D eigenvalue weighted by molar-refractivity contribution is 7.12. The van der Waals surface area contributed by atoms with E-state index in [1.807, 2.05) is 13.0 Å². The van der Waals surface area contributed by atoms with Crippen molar-refractivity contribution in [1.82, 2.24) is 20.8 Å². The number of halogens is 1. The summed E-state index contributed by atoms with van der Waals surface area (Å²) in [5, 5.41) is 10.8. The smallest absolute Gasteiger partial charge is 0.259 e. The number of ether oxygens (including phenoxy) is 1. The quantitative estimate of drug-likeness (QED) is 0.539. The maximum Gasteiger partial charge on any atom is 0.259 e. The van der Waals surface area contributed by atoms with Crippen LogP contribution in [0, 0.1) is 20.8 Å². The average Bonchev–Trinajstić information content (AvgIpc) is 3.19. The Kier molecular flexibility index (Phi) is 7.94. The van der Waals surface area contributed by atoms with Gasteiger partial charge >= 0.3 is 0 Å². The van der Waals surface area contributed by atoms with Crippen molar-refractivity contribution in [2.45, 2.75) is 20.8 Å². The molecule has 0 radical (unpaired) electrons. The van der Waals surface area contributed by atoms with Gasteiger partial charge in [-0.2, -0.15) is 0 Å². The topological polar surface area (TPSA) is 89.3 Å². The number of carbonyl (C=O) groups excluding carboxylic acids is 1. The summed E-state index contributed by atoms with van der Waals surface area (Å²) in [4.78, 5) is 19.8. The zero-order valence-electron chi connectivity index (χ0n) is 16.4. The number of carbonyl (C=O) groups is 1. The molecule has 2 N–H and O–H groups in total. The SMILES string of the molecule is COCCNCCNC(=O)c1cc(-c2cc(C)sc2C)nc2onc(C)c12.Cl. The van der Waals surface area contributed by atoms with Gasteiger partial charge in [0.2, 0.25) is 0 Å². The van der Waals surface area contributed by atoms with Gasteiger partial charge in [-0.3, -0.25) is 4.79 Å². The van der Waals surface area contributed by atoms with Crippen LogP contribution in [-0.2, 0) is 4.74 Å². The van der Waals surface area contributed by atoms with Gasteiger partial charge in [0.15, 0.2) is 0 Å². The highest BCUT2D eigenvalue weighted by atomic mass is 35.5. The van der Waals surface area contributed by atoms with Crippen LogP contribution in [0.25, 0.3) is 22.4 Å². The number of methoxy groups -OCH3 is 1. The first kappa shape index (κ1) is 22.3. The Morgan fingerprint density at radius 2 is 2.00 bits per heavy atom. The molecule has 0 aromatic carbocycles. The molecule has 0 atom stereocenters. The number of hydrogen-bond donors (Lipinski definition) is 2. The summed E-state index contributed by atoms with van der Waals surface area (Å²) in [5.74, 6) is -0.159. The van der Waals surface area contributed by atoms with Gasteiger partial charge in [-0.25, -0.2) is 4.98 Å². The molecule has 0 aliphatic heterocycles. The fourth-order valence-corrected chi connectivity index (χ4v) is 3.89. The molecule has 7 nitrogen and oxygen atoms in total. The Bertz CT molecular complexity index is 954. The fourth-order valence-electron chi connectivity index (χ4n) is 2.96. The monoisotopic (exact) mass is 424 g/mol. The number of aromatic nitrogens is 2. The summed E-state index contributed by atoms with van der Waals surface area (Å²) in [6.45, 7) is 8.50. The zero-order valence-corrected chi connectivity index (χ0v) is 18.1. The largest absolute Gasteiger partial charge is 0.383 e. The second-order valence-electron chi connectivity index (χ2n) is 6.33. The molecule has 1 amide bonds. The van der Waals surface area contributed by atoms with Gasteiger partial charge in [-0.15, -0.1) is 23.7 Å². The third-order valence-electron chi connectivity index (χ3n) is 4.25. The molecule has 0 saturated heterocycles. The second kappa shape index (κ2) is 9.97. The first-order chi connectivity index (χ1) is 13.0. The van der Waals surface area contributed by atoms with Crippen molar-refractivity contribution in [1.29, 1.82) is 0 Å². The minimum Gasteiger partial charge on any atom is -0.383 e. The summed E-state index contributed by atoms with van der Waals surface area (Å²) >= 11 is 1.71. The lowest BCUT2D eigenvalue weighted by molar-refractivity contribution is 0.0955. The van der Waals surface area contributed by atoms with E-state index in [1.54, 1.807) is 18.4 Å². The molecule has 0 unspecified atom stereocenters. The summed E-state index contributed by atoms with van der Waals surface area (Å²) in [5.41, 5.74) is 3.32. The summed E-state index contributed by atoms with van der Waals surface area (Å²) in [6.07, 6.45) is 0. The van der Waals surface area contributed by atoms with E-state index in [4.69, 9.17) is 9.26 Å². The van der Waals surface area contributed by atoms with E-state index < -0.39 is 0 Å². The predicted octanol–water partition coefficient (Wildman–Crippen LogP) is 3.26. The molecule has 3 rings (SSSR count). The third-order valence-corrected chi connectivity index (χ3v) is 5.21. The molecular formula is C19H25ClN4O3S. The van der Waals surface area contributed by atoms with Crippen molar-refractivity contribution in [3.05, 3.63) is 33.1 Å². The molecule has 0 spiro atoms. The molecule has 152 valence electrons. The van der Waals surface area contributed by atoms with Crippen molar-refractivity contribution in [3.63, 3.8) is 0 Å². The van der Waals surface area contributed by atoms with Crippen LogP contribution in [0.15, 0.2) is 16.7 Å². The molecule has 0 saturated carbocycles. The number of nitrogens with zero attached hydrogens (tertiary/aromatic N) is 2. The van der Waals surface area contributed by atoms with Crippen LogP contribution in [0.4, 0.5) is 0 Å². The van der Waals surface area contributed by atoms with E-state index >= 15 is 0 Å². The number of hydrogen-bond acceptors (Lipinski definition) is 7. The van der Waals surface area contributed by atoms with Crippen molar-refractivity contribution in [2.75, 3.05) is 33.4 Å². The van der Waals surface area contributed by atoms with E-state index in [0.717, 1.165) is 22.7 Å². The van der Waals surface area contributed by atoms with Gasteiger partial charge < -0.3 is 19.9 Å². The molecule has 28 heavy (non-hydrogen) atoms. The number of thiophene rings is 1. The number of nitrogens with one attached hydrogen (secondary N) is 2. The Morgan fingerprint density at radius 3 is 2.68 bits per heavy atom. The van der Waals surface area contributed by atoms with Gasteiger partial charge in [0.25, 0.3) is 11.6 Å². The van der Waals surface area contributed by atoms with Crippen LogP contribution >= 0.6 is 23.7 Å². The van der Waals surface area contributed by atoms with Gasteiger partial charge in [0, 0.05) is 42.1 Å². The van der Waals surface area contributed by atoms with Crippen molar-refractivity contribution >= 4 is 40.8 Å². The number of aryl methyl sites for hydroxylation is 3. The summed E-state index contributed by atoms with van der Waals surface area (Å²) < 4.78 is 10.3. The van der Waals surface area contributed by atoms with Crippen LogP contribution < -0.4 is 10.6 Å². The Morgan fingerprint density at radius 1 is 1.21 bits per heavy atom. The van der Waals surface area contributed by atoms with Crippen LogP contribution in [0.3, 0.4) is 0 Å². The molecule has 0 aliphatic rings. The van der Waals surface area contributed by atoms with E-state index in [0.29, 0.717) is 42.1 Å². The van der Waals surface area contributed by atoms with E-state index in [1.165, 1.54) is 4.88 Å². The van der Waals surface area contributed by atoms with Gasteiger partial charge in [-0.05, 0) is 32.9 Å². The van der Waals surface area contributed by atoms with Gasteiger partial charge in [-0.1, -0.05) is 5.16 Å². The first-order valence-corrected chi connectivity index (χ1v) is 9.65. The standard InChI is InChI=1S/C19H24N4O3S.ClH/c1-11-9-14(13(3)27-11)16-10-15(17-12(2)23-26-19(17)22-16)18(24)21-6-5-20-7-8-25-4;/h9-10,20H,5-8H2,1-4H3,(H,21,24);1H. The van der Waals surface area contributed by atoms with Crippen molar-refractivity contribution < 1.29 is 14.1 Å². The Labute approximate surface area is 174 Å². The van der Waals surface area contributed by atoms with Crippen LogP contribution in [0.2, 0.25) is 0 Å². The Hall–Kier alpha value is -2.00. The van der Waals surface area contributed by atoms with Gasteiger partial charge in [0.05, 0.1) is 28.9 Å². The number of rotatable bonds is 8. The maximum absolute atomic E-state index is 12.8. The van der Waals surface area contributed by atoms with Gasteiger partial charge in [0.1, 0.15) is 0 Å². The van der Waals surface area contributed by atoms with E-state index in [-0.39, 0.29) is 18.3 Å². The molecule has 9 heteroatoms. The molecule has 3 heterocycles. The number of amides is 1. The number of pyridine rings is 1. The summed E-state index contributed by atoms with van der Waals surface area (Å²) in [7, 11) is 1.66. The van der Waals surface area contributed by atoms with Crippen LogP contribution in [0.5, 0.6) is 0 Å². The van der Waals surface area contributed by atoms with Crippen molar-refractivity contribution in [3.8, 4) is 11.3 Å². The highest BCUT2D eigenvalue weighted by Crippen LogP contribution is 2.32. The minimum absolute atomic E-state index is 0. The zero-order chi connectivity index (χ0) is 19.4. The van der Waals surface area contributed by atoms with Crippen molar-refractivity contribution in [2.24, 2.45) is 0 Å². The molecule has 0 bridgehead atoms. The second-order valence-corrected chi connectivity index (χ2v) is 7.79. The lowest BCUT2D eigenvalue weighted by Crippen LogP contribution is -2.33. The minimum atomic E-state index is -0.159. The van der Waals surface area contributed by atoms with Crippen LogP contribution in [0.1, 0.15) is 25.8 Å².